The topological polar surface area (TPSA) is 124 Å². The van der Waals surface area contributed by atoms with Gasteiger partial charge < -0.3 is 25.6 Å². The molecule has 0 radical (unpaired) electrons. The van der Waals surface area contributed by atoms with Gasteiger partial charge in [0.15, 0.2) is 11.0 Å². The third-order valence-corrected chi connectivity index (χ3v) is 6.33. The average molecular weight is 439 g/mol. The van der Waals surface area contributed by atoms with Crippen LogP contribution in [0.2, 0.25) is 0 Å². The number of rotatable bonds is 6. The minimum absolute atomic E-state index is 0.0726. The summed E-state index contributed by atoms with van der Waals surface area (Å²) in [4.78, 5) is 9.96. The van der Waals surface area contributed by atoms with Gasteiger partial charge in [-0.05, 0) is 42.8 Å². The molecule has 0 bridgehead atoms. The molecule has 5 N–H and O–H groups in total. The first kappa shape index (κ1) is 21.0. The fourth-order valence-electron chi connectivity index (χ4n) is 3.59. The molecule has 0 spiro atoms. The largest absolute Gasteiger partial charge is 0.490 e. The number of nitrogens with two attached hydrogens (primary N) is 1. The van der Waals surface area contributed by atoms with Gasteiger partial charge in [-0.15, -0.1) is 0 Å². The smallest absolute Gasteiger partial charge is 0.170 e. The van der Waals surface area contributed by atoms with Gasteiger partial charge in [-0.2, -0.15) is 0 Å². The Labute approximate surface area is 185 Å². The highest BCUT2D eigenvalue weighted by atomic mass is 32.2. The van der Waals surface area contributed by atoms with Gasteiger partial charge in [0.2, 0.25) is 0 Å². The van der Waals surface area contributed by atoms with E-state index in [1.807, 2.05) is 31.2 Å². The zero-order valence-corrected chi connectivity index (χ0v) is 18.2. The number of likely N-dealkylation sites (tertiary alicyclic amines) is 1. The Morgan fingerprint density at radius 3 is 2.71 bits per heavy atom. The van der Waals surface area contributed by atoms with E-state index in [1.165, 1.54) is 5.56 Å². The molecule has 1 aliphatic rings. The van der Waals surface area contributed by atoms with E-state index in [0.717, 1.165) is 53.6 Å². The Morgan fingerprint density at radius 2 is 2.03 bits per heavy atom. The molecular formula is C22H26N6O2S. The molecule has 162 valence electrons. The lowest BCUT2D eigenvalue weighted by atomic mass is 10.1. The number of piperidine rings is 1. The molecule has 0 unspecified atom stereocenters. The maximum Gasteiger partial charge on any atom is 0.170 e. The number of nitrogens with zero attached hydrogens (tertiary/aromatic N) is 3. The van der Waals surface area contributed by atoms with Crippen molar-refractivity contribution in [1.82, 2.24) is 14.9 Å². The van der Waals surface area contributed by atoms with Gasteiger partial charge in [0, 0.05) is 37.2 Å². The predicted molar refractivity (Wildman–Crippen MR) is 123 cm³/mol. The van der Waals surface area contributed by atoms with Crippen LogP contribution in [0.1, 0.15) is 30.9 Å². The lowest BCUT2D eigenvalue weighted by Crippen LogP contribution is -2.40. The highest BCUT2D eigenvalue weighted by Gasteiger charge is 2.20. The zero-order valence-electron chi connectivity index (χ0n) is 17.3. The van der Waals surface area contributed by atoms with Crippen molar-refractivity contribution in [3.05, 3.63) is 53.6 Å². The number of H-pyrrole nitrogens is 1. The summed E-state index contributed by atoms with van der Waals surface area (Å²) in [6.07, 6.45) is 2.09. The number of hydrogen-bond donors (Lipinski definition) is 4. The average Bonchev–Trinajstić information content (AvgIpc) is 3.20. The van der Waals surface area contributed by atoms with E-state index in [9.17, 15) is 0 Å². The standard InChI is InChI=1S/C22H26N6O2S/c1-14(23)28-10-8-18(9-11-28)30-17-5-2-15(3-6-17)13-31-22-25-19-7-4-16(21(24)27-29)12-20(19)26-22/h2-7,12,18,23,29H,8-11,13H2,1H3,(H2,24,27)(H,25,26). The zero-order chi connectivity index (χ0) is 21.8. The van der Waals surface area contributed by atoms with Crippen LogP contribution < -0.4 is 10.5 Å². The van der Waals surface area contributed by atoms with Crippen molar-refractivity contribution in [3.63, 3.8) is 0 Å². The minimum atomic E-state index is 0.0726. The van der Waals surface area contributed by atoms with Crippen LogP contribution in [0.15, 0.2) is 52.8 Å². The second kappa shape index (κ2) is 9.30. The second-order valence-corrected chi connectivity index (χ2v) is 8.55. The lowest BCUT2D eigenvalue weighted by molar-refractivity contribution is 0.130. The van der Waals surface area contributed by atoms with Crippen LogP contribution >= 0.6 is 11.8 Å². The summed E-state index contributed by atoms with van der Waals surface area (Å²) in [5.41, 5.74) is 9.17. The van der Waals surface area contributed by atoms with Gasteiger partial charge in [-0.3, -0.25) is 5.41 Å². The SMILES string of the molecule is CC(=N)N1CCC(Oc2ccc(CSc3nc4ccc(C(N)=NO)cc4[nH]3)cc2)CC1. The van der Waals surface area contributed by atoms with Gasteiger partial charge >= 0.3 is 0 Å². The normalized spacial score (nSPS) is 15.4. The van der Waals surface area contributed by atoms with Crippen molar-refractivity contribution in [1.29, 1.82) is 5.41 Å². The Kier molecular flexibility index (Phi) is 6.31. The number of imidazole rings is 1. The summed E-state index contributed by atoms with van der Waals surface area (Å²) in [7, 11) is 0. The molecule has 2 heterocycles. The lowest BCUT2D eigenvalue weighted by Gasteiger charge is -2.32. The van der Waals surface area contributed by atoms with Crippen molar-refractivity contribution >= 4 is 34.5 Å². The molecule has 4 rings (SSSR count). The molecule has 31 heavy (non-hydrogen) atoms. The van der Waals surface area contributed by atoms with E-state index >= 15 is 0 Å². The van der Waals surface area contributed by atoms with Crippen molar-refractivity contribution in [3.8, 4) is 5.75 Å². The predicted octanol–water partition coefficient (Wildman–Crippen LogP) is 3.79. The molecule has 0 aliphatic carbocycles. The highest BCUT2D eigenvalue weighted by molar-refractivity contribution is 7.98. The summed E-state index contributed by atoms with van der Waals surface area (Å²) < 4.78 is 6.12. The number of fused-ring (bicyclic) bond motifs is 1. The number of hydrogen-bond acceptors (Lipinski definition) is 6. The van der Waals surface area contributed by atoms with Crippen molar-refractivity contribution in [2.75, 3.05) is 13.1 Å². The van der Waals surface area contributed by atoms with Gasteiger partial charge in [0.1, 0.15) is 11.9 Å². The number of ether oxygens (including phenoxy) is 1. The number of oxime groups is 1. The molecule has 0 amide bonds. The summed E-state index contributed by atoms with van der Waals surface area (Å²) >= 11 is 1.62. The third-order valence-electron chi connectivity index (χ3n) is 5.38. The molecular weight excluding hydrogens is 412 g/mol. The molecule has 1 fully saturated rings. The maximum atomic E-state index is 8.83. The van der Waals surface area contributed by atoms with E-state index in [-0.39, 0.29) is 11.9 Å². The molecule has 3 aromatic rings. The second-order valence-electron chi connectivity index (χ2n) is 7.58. The van der Waals surface area contributed by atoms with Crippen molar-refractivity contribution in [2.45, 2.75) is 36.8 Å². The number of benzene rings is 2. The molecule has 8 nitrogen and oxygen atoms in total. The Balaban J connectivity index is 1.32. The van der Waals surface area contributed by atoms with Crippen LogP contribution in [0.3, 0.4) is 0 Å². The summed E-state index contributed by atoms with van der Waals surface area (Å²) in [6, 6.07) is 13.7. The Hall–Kier alpha value is -3.20. The van der Waals surface area contributed by atoms with Crippen LogP contribution in [-0.4, -0.2) is 50.9 Å². The Morgan fingerprint density at radius 1 is 1.29 bits per heavy atom. The minimum Gasteiger partial charge on any atom is -0.490 e. The number of amidine groups is 2. The van der Waals surface area contributed by atoms with Gasteiger partial charge in [0.05, 0.1) is 16.9 Å². The van der Waals surface area contributed by atoms with Crippen molar-refractivity contribution in [2.24, 2.45) is 10.9 Å². The first-order chi connectivity index (χ1) is 15.0. The van der Waals surface area contributed by atoms with Crippen LogP contribution in [-0.2, 0) is 5.75 Å². The molecule has 0 atom stereocenters. The van der Waals surface area contributed by atoms with E-state index < -0.39 is 0 Å². The molecule has 9 heteroatoms. The monoisotopic (exact) mass is 438 g/mol. The van der Waals surface area contributed by atoms with E-state index in [1.54, 1.807) is 17.8 Å². The van der Waals surface area contributed by atoms with E-state index in [4.69, 9.17) is 21.1 Å². The molecule has 1 saturated heterocycles. The summed E-state index contributed by atoms with van der Waals surface area (Å²) in [6.45, 7) is 3.60. The molecule has 2 aromatic carbocycles. The number of aromatic nitrogens is 2. The van der Waals surface area contributed by atoms with E-state index in [0.29, 0.717) is 11.4 Å². The van der Waals surface area contributed by atoms with Gasteiger partial charge in [-0.25, -0.2) is 4.98 Å². The quantitative estimate of drug-likeness (QED) is 0.153. The fourth-order valence-corrected chi connectivity index (χ4v) is 4.43. The van der Waals surface area contributed by atoms with Crippen LogP contribution in [0, 0.1) is 5.41 Å². The van der Waals surface area contributed by atoms with Crippen LogP contribution in [0.4, 0.5) is 0 Å². The van der Waals surface area contributed by atoms with Crippen molar-refractivity contribution < 1.29 is 9.94 Å². The number of thioether (sulfide) groups is 1. The number of nitrogens with one attached hydrogen (secondary N) is 2. The summed E-state index contributed by atoms with van der Waals surface area (Å²) in [5, 5.41) is 20.4. The van der Waals surface area contributed by atoms with Crippen LogP contribution in [0.25, 0.3) is 11.0 Å². The first-order valence-corrected chi connectivity index (χ1v) is 11.2. The maximum absolute atomic E-state index is 8.83. The summed E-state index contributed by atoms with van der Waals surface area (Å²) in [5.74, 6) is 2.37. The molecule has 1 aromatic heterocycles. The molecule has 1 aliphatic heterocycles. The molecule has 0 saturated carbocycles. The van der Waals surface area contributed by atoms with Crippen LogP contribution in [0.5, 0.6) is 5.75 Å². The first-order valence-electron chi connectivity index (χ1n) is 10.2. The number of aromatic amines is 1. The highest BCUT2D eigenvalue weighted by Crippen LogP contribution is 2.25. The third kappa shape index (κ3) is 5.11. The van der Waals surface area contributed by atoms with Gasteiger partial charge in [-0.1, -0.05) is 29.1 Å². The Bertz CT molecular complexity index is 1090. The van der Waals surface area contributed by atoms with E-state index in [2.05, 4.69) is 32.2 Å². The fraction of sp³-hybridized carbons (Fsp3) is 0.318. The van der Waals surface area contributed by atoms with Gasteiger partial charge in [0.25, 0.3) is 0 Å².